The number of hydrazone groups is 1. The number of halogens is 1. The first-order valence-electron chi connectivity index (χ1n) is 11.3. The summed E-state index contributed by atoms with van der Waals surface area (Å²) in [6, 6.07) is 14.4. The van der Waals surface area contributed by atoms with Crippen molar-refractivity contribution in [2.24, 2.45) is 5.10 Å². The van der Waals surface area contributed by atoms with E-state index in [9.17, 15) is 13.2 Å². The molecule has 0 unspecified atom stereocenters. The Labute approximate surface area is 230 Å². The van der Waals surface area contributed by atoms with Crippen molar-refractivity contribution in [2.75, 3.05) is 20.3 Å². The molecule has 0 spiro atoms. The molecule has 1 N–H and O–H groups in total. The molecule has 0 aliphatic heterocycles. The van der Waals surface area contributed by atoms with Gasteiger partial charge < -0.3 is 18.4 Å². The van der Waals surface area contributed by atoms with Crippen LogP contribution in [0.3, 0.4) is 0 Å². The fraction of sp³-hybridized carbons (Fsp3) is 0.231. The average molecular weight is 638 g/mol. The van der Waals surface area contributed by atoms with Crippen LogP contribution in [0.25, 0.3) is 0 Å². The quantitative estimate of drug-likeness (QED) is 0.137. The lowest BCUT2D eigenvalue weighted by atomic mass is 10.2. The monoisotopic (exact) mass is 638 g/mol. The summed E-state index contributed by atoms with van der Waals surface area (Å²) in [5.74, 6) is 0.837. The Kier molecular flexibility index (Phi) is 9.75. The van der Waals surface area contributed by atoms with Crippen LogP contribution in [0.4, 0.5) is 0 Å². The largest absolute Gasteiger partial charge is 0.493 e. The maximum absolute atomic E-state index is 12.8. The number of carbonyl (C=O) groups is 1. The Morgan fingerprint density at radius 2 is 1.65 bits per heavy atom. The van der Waals surface area contributed by atoms with Crippen molar-refractivity contribution in [3.05, 3.63) is 74.9 Å². The second-order valence-corrected chi connectivity index (χ2v) is 10.3. The van der Waals surface area contributed by atoms with E-state index in [1.807, 2.05) is 36.4 Å². The van der Waals surface area contributed by atoms with E-state index in [2.05, 4.69) is 10.5 Å². The van der Waals surface area contributed by atoms with Crippen molar-refractivity contribution >= 4 is 44.8 Å². The number of nitrogens with zero attached hydrogens (tertiary/aromatic N) is 1. The molecule has 0 radical (unpaired) electrons. The Bertz CT molecular complexity index is 1390. The van der Waals surface area contributed by atoms with Crippen LogP contribution in [0.2, 0.25) is 0 Å². The van der Waals surface area contributed by atoms with Gasteiger partial charge in [-0.2, -0.15) is 13.5 Å². The summed E-state index contributed by atoms with van der Waals surface area (Å²) in [4.78, 5) is 12.6. The standard InChI is InChI=1S/C26H27IN2O7S/c1-5-34-23-15-19(9-12-22(23)33-4)26(30)29-28-16-18-13-21(27)25(24(14-18)35-6-2)36-37(31,32)20-10-7-17(3)8-11-20/h7-16H,5-6H2,1-4H3,(H,29,30)/b28-16+. The van der Waals surface area contributed by atoms with Crippen LogP contribution in [0.1, 0.15) is 35.3 Å². The van der Waals surface area contributed by atoms with E-state index in [0.29, 0.717) is 32.8 Å². The molecule has 1 amide bonds. The van der Waals surface area contributed by atoms with Gasteiger partial charge in [0.25, 0.3) is 5.91 Å². The van der Waals surface area contributed by atoms with Gasteiger partial charge in [-0.25, -0.2) is 5.43 Å². The van der Waals surface area contributed by atoms with Crippen molar-refractivity contribution in [1.29, 1.82) is 0 Å². The Hall–Kier alpha value is -3.32. The number of amides is 1. The zero-order valence-electron chi connectivity index (χ0n) is 20.8. The van der Waals surface area contributed by atoms with Crippen LogP contribution in [0.5, 0.6) is 23.0 Å². The topological polar surface area (TPSA) is 113 Å². The predicted octanol–water partition coefficient (Wildman–Crippen LogP) is 4.94. The average Bonchev–Trinajstić information content (AvgIpc) is 2.86. The third-order valence-corrected chi connectivity index (χ3v) is 6.98. The number of nitrogens with one attached hydrogen (secondary N) is 1. The number of hydrogen-bond acceptors (Lipinski definition) is 8. The normalized spacial score (nSPS) is 11.3. The highest BCUT2D eigenvalue weighted by molar-refractivity contribution is 14.1. The third kappa shape index (κ3) is 7.35. The van der Waals surface area contributed by atoms with E-state index in [0.717, 1.165) is 5.56 Å². The molecule has 11 heteroatoms. The van der Waals surface area contributed by atoms with Gasteiger partial charge in [-0.15, -0.1) is 0 Å². The molecule has 9 nitrogen and oxygen atoms in total. The highest BCUT2D eigenvalue weighted by atomic mass is 127. The van der Waals surface area contributed by atoms with Crippen LogP contribution in [-0.4, -0.2) is 40.9 Å². The zero-order valence-corrected chi connectivity index (χ0v) is 23.8. The number of hydrogen-bond donors (Lipinski definition) is 1. The minimum atomic E-state index is -4.07. The summed E-state index contributed by atoms with van der Waals surface area (Å²) in [5, 5.41) is 4.02. The van der Waals surface area contributed by atoms with E-state index < -0.39 is 16.0 Å². The van der Waals surface area contributed by atoms with Gasteiger partial charge >= 0.3 is 10.1 Å². The van der Waals surface area contributed by atoms with Gasteiger partial charge in [0.15, 0.2) is 23.0 Å². The first kappa shape index (κ1) is 28.3. The van der Waals surface area contributed by atoms with Gasteiger partial charge in [0.2, 0.25) is 0 Å². The highest BCUT2D eigenvalue weighted by Crippen LogP contribution is 2.36. The summed E-state index contributed by atoms with van der Waals surface area (Å²) in [5.41, 5.74) is 4.31. The molecule has 0 aliphatic carbocycles. The fourth-order valence-corrected chi connectivity index (χ4v) is 5.03. The van der Waals surface area contributed by atoms with Gasteiger partial charge in [0, 0.05) is 5.56 Å². The van der Waals surface area contributed by atoms with E-state index in [-0.39, 0.29) is 23.0 Å². The molecule has 0 aliphatic rings. The Morgan fingerprint density at radius 3 is 2.30 bits per heavy atom. The lowest BCUT2D eigenvalue weighted by Gasteiger charge is -2.14. The molecule has 37 heavy (non-hydrogen) atoms. The minimum Gasteiger partial charge on any atom is -0.493 e. The van der Waals surface area contributed by atoms with E-state index >= 15 is 0 Å². The van der Waals surface area contributed by atoms with Crippen molar-refractivity contribution in [2.45, 2.75) is 25.7 Å². The fourth-order valence-electron chi connectivity index (χ4n) is 3.19. The second-order valence-electron chi connectivity index (χ2n) is 7.61. The molecule has 3 aromatic carbocycles. The molecular formula is C26H27IN2O7S. The number of carbonyl (C=O) groups excluding carboxylic acids is 1. The molecule has 0 heterocycles. The number of ether oxygens (including phenoxy) is 3. The first-order valence-corrected chi connectivity index (χ1v) is 13.8. The van der Waals surface area contributed by atoms with Gasteiger partial charge in [-0.3, -0.25) is 4.79 Å². The molecule has 0 atom stereocenters. The van der Waals surface area contributed by atoms with E-state index in [1.54, 1.807) is 49.4 Å². The Balaban J connectivity index is 1.80. The molecule has 3 rings (SSSR count). The van der Waals surface area contributed by atoms with Crippen molar-refractivity contribution in [3.63, 3.8) is 0 Å². The van der Waals surface area contributed by atoms with Crippen LogP contribution in [-0.2, 0) is 10.1 Å². The van der Waals surface area contributed by atoms with E-state index in [1.165, 1.54) is 25.5 Å². The molecule has 0 bridgehead atoms. The molecule has 3 aromatic rings. The van der Waals surface area contributed by atoms with Crippen molar-refractivity contribution in [1.82, 2.24) is 5.43 Å². The summed E-state index contributed by atoms with van der Waals surface area (Å²) in [7, 11) is -2.55. The first-order chi connectivity index (χ1) is 17.7. The number of aryl methyl sites for hydroxylation is 1. The number of benzene rings is 3. The molecule has 0 aromatic heterocycles. The second kappa shape index (κ2) is 12.8. The molecule has 0 saturated heterocycles. The van der Waals surface area contributed by atoms with E-state index in [4.69, 9.17) is 18.4 Å². The highest BCUT2D eigenvalue weighted by Gasteiger charge is 2.22. The maximum atomic E-state index is 12.8. The maximum Gasteiger partial charge on any atom is 0.339 e. The van der Waals surface area contributed by atoms with Crippen LogP contribution >= 0.6 is 22.6 Å². The summed E-state index contributed by atoms with van der Waals surface area (Å²) < 4.78 is 48.0. The summed E-state index contributed by atoms with van der Waals surface area (Å²) in [6.07, 6.45) is 1.42. The van der Waals surface area contributed by atoms with Crippen LogP contribution in [0.15, 0.2) is 64.6 Å². The van der Waals surface area contributed by atoms with Crippen LogP contribution in [0, 0.1) is 10.5 Å². The minimum absolute atomic E-state index is 0.0377. The lowest BCUT2D eigenvalue weighted by molar-refractivity contribution is 0.0954. The smallest absolute Gasteiger partial charge is 0.339 e. The molecule has 196 valence electrons. The Morgan fingerprint density at radius 1 is 0.973 bits per heavy atom. The summed E-state index contributed by atoms with van der Waals surface area (Å²) in [6.45, 7) is 6.19. The van der Waals surface area contributed by atoms with Gasteiger partial charge in [-0.1, -0.05) is 17.7 Å². The lowest BCUT2D eigenvalue weighted by Crippen LogP contribution is -2.17. The van der Waals surface area contributed by atoms with Crippen LogP contribution < -0.4 is 23.8 Å². The van der Waals surface area contributed by atoms with Crippen molar-refractivity contribution < 1.29 is 31.6 Å². The number of rotatable bonds is 11. The molecule has 0 fully saturated rings. The van der Waals surface area contributed by atoms with Gasteiger partial charge in [0.1, 0.15) is 4.90 Å². The summed E-state index contributed by atoms with van der Waals surface area (Å²) >= 11 is 1.96. The van der Waals surface area contributed by atoms with Gasteiger partial charge in [0.05, 0.1) is 30.1 Å². The number of methoxy groups -OCH3 is 1. The predicted molar refractivity (Wildman–Crippen MR) is 149 cm³/mol. The third-order valence-electron chi connectivity index (χ3n) is 4.94. The zero-order chi connectivity index (χ0) is 27.0. The van der Waals surface area contributed by atoms with Crippen molar-refractivity contribution in [3.8, 4) is 23.0 Å². The molecule has 0 saturated carbocycles. The molecular weight excluding hydrogens is 611 g/mol. The SMILES string of the molecule is CCOc1cc(C(=O)N/N=C/c2cc(I)c(OS(=O)(=O)c3ccc(C)cc3)c(OCC)c2)ccc1OC. The van der Waals surface area contributed by atoms with Gasteiger partial charge in [-0.05, 0) is 91.4 Å².